The first-order valence-electron chi connectivity index (χ1n) is 4.48. The number of aromatic nitrogens is 2. The van der Waals surface area contributed by atoms with E-state index in [-0.39, 0.29) is 6.10 Å². The average Bonchev–Trinajstić information content (AvgIpc) is 2.17. The molecule has 0 aliphatic carbocycles. The molecule has 1 aromatic heterocycles. The van der Waals surface area contributed by atoms with Crippen molar-refractivity contribution in [1.82, 2.24) is 9.97 Å². The lowest BCUT2D eigenvalue weighted by atomic mass is 10.3. The fourth-order valence-electron chi connectivity index (χ4n) is 0.979. The van der Waals surface area contributed by atoms with Gasteiger partial charge in [0.05, 0.1) is 5.69 Å². The van der Waals surface area contributed by atoms with Crippen molar-refractivity contribution in [2.45, 2.75) is 26.9 Å². The van der Waals surface area contributed by atoms with Crippen LogP contribution in [0.4, 0.5) is 0 Å². The fraction of sp³-hybridized carbons (Fsp3) is 0.556. The molecule has 78 valence electrons. The molecule has 0 saturated heterocycles. The van der Waals surface area contributed by atoms with Crippen LogP contribution in [0.1, 0.15) is 31.5 Å². The minimum absolute atomic E-state index is 0.252. The van der Waals surface area contributed by atoms with Gasteiger partial charge >= 0.3 is 0 Å². The monoisotopic (exact) mass is 214 g/mol. The summed E-state index contributed by atoms with van der Waals surface area (Å²) in [5.41, 5.74) is 0.763. The highest BCUT2D eigenvalue weighted by atomic mass is 32.2. The van der Waals surface area contributed by atoms with Gasteiger partial charge in [-0.05, 0) is 19.9 Å². The number of hydrogen-bond donors (Lipinski definition) is 0. The standard InChI is InChI=1S/C9H14N2O2S/c1-4-14(12)13-7(2)9-5-6-10-8(3)11-9/h5-7H,4H2,1-3H3. The molecule has 0 fully saturated rings. The Kier molecular flexibility index (Phi) is 4.16. The molecule has 0 spiro atoms. The molecule has 4 nitrogen and oxygen atoms in total. The van der Waals surface area contributed by atoms with Crippen LogP contribution in [0.15, 0.2) is 12.3 Å². The number of nitrogens with zero attached hydrogens (tertiary/aromatic N) is 2. The molecule has 0 radical (unpaired) electrons. The number of rotatable bonds is 4. The average molecular weight is 214 g/mol. The molecule has 1 heterocycles. The Morgan fingerprint density at radius 2 is 2.36 bits per heavy atom. The van der Waals surface area contributed by atoms with Gasteiger partial charge < -0.3 is 0 Å². The van der Waals surface area contributed by atoms with Crippen LogP contribution in [0.2, 0.25) is 0 Å². The SMILES string of the molecule is CCS(=O)OC(C)c1ccnc(C)n1. The van der Waals surface area contributed by atoms with E-state index < -0.39 is 11.1 Å². The highest BCUT2D eigenvalue weighted by Gasteiger charge is 2.10. The van der Waals surface area contributed by atoms with E-state index in [1.54, 1.807) is 12.3 Å². The maximum atomic E-state index is 11.1. The first kappa shape index (κ1) is 11.3. The van der Waals surface area contributed by atoms with Gasteiger partial charge in [0, 0.05) is 11.9 Å². The van der Waals surface area contributed by atoms with Crippen LogP contribution >= 0.6 is 0 Å². The lowest BCUT2D eigenvalue weighted by Gasteiger charge is -2.10. The van der Waals surface area contributed by atoms with Gasteiger partial charge in [-0.15, -0.1) is 0 Å². The summed E-state index contributed by atoms with van der Waals surface area (Å²) in [6.45, 7) is 5.45. The van der Waals surface area contributed by atoms with Crippen LogP contribution in [0, 0.1) is 6.92 Å². The maximum absolute atomic E-state index is 11.1. The highest BCUT2D eigenvalue weighted by Crippen LogP contribution is 2.14. The van der Waals surface area contributed by atoms with E-state index in [0.717, 1.165) is 5.69 Å². The van der Waals surface area contributed by atoms with Gasteiger partial charge in [0.25, 0.3) is 0 Å². The summed E-state index contributed by atoms with van der Waals surface area (Å²) in [5.74, 6) is 1.19. The predicted octanol–water partition coefficient (Wildman–Crippen LogP) is 1.55. The van der Waals surface area contributed by atoms with Gasteiger partial charge in [0.15, 0.2) is 11.1 Å². The van der Waals surface area contributed by atoms with Gasteiger partial charge in [0.2, 0.25) is 0 Å². The van der Waals surface area contributed by atoms with Crippen molar-refractivity contribution in [1.29, 1.82) is 0 Å². The zero-order valence-corrected chi connectivity index (χ0v) is 9.37. The Bertz CT molecular complexity index is 330. The predicted molar refractivity (Wildman–Crippen MR) is 55.0 cm³/mol. The number of aryl methyl sites for hydroxylation is 1. The Balaban J connectivity index is 2.69. The van der Waals surface area contributed by atoms with Gasteiger partial charge in [-0.2, -0.15) is 0 Å². The largest absolute Gasteiger partial charge is 0.281 e. The summed E-state index contributed by atoms with van der Waals surface area (Å²) in [7, 11) is 0. The molecule has 0 bridgehead atoms. The van der Waals surface area contributed by atoms with Crippen molar-refractivity contribution in [2.24, 2.45) is 0 Å². The normalized spacial score (nSPS) is 15.1. The second-order valence-corrected chi connectivity index (χ2v) is 4.24. The van der Waals surface area contributed by atoms with E-state index >= 15 is 0 Å². The molecule has 1 rings (SSSR count). The Hall–Kier alpha value is -0.810. The van der Waals surface area contributed by atoms with Crippen molar-refractivity contribution in [3.63, 3.8) is 0 Å². The van der Waals surface area contributed by atoms with Gasteiger partial charge in [-0.1, -0.05) is 6.92 Å². The Morgan fingerprint density at radius 3 is 2.93 bits per heavy atom. The third kappa shape index (κ3) is 3.16. The lowest BCUT2D eigenvalue weighted by Crippen LogP contribution is -2.07. The third-order valence-electron chi connectivity index (χ3n) is 1.70. The molecule has 0 aliphatic heterocycles. The molecule has 14 heavy (non-hydrogen) atoms. The molecule has 2 atom stereocenters. The second kappa shape index (κ2) is 5.17. The van der Waals surface area contributed by atoms with E-state index in [2.05, 4.69) is 9.97 Å². The molecular weight excluding hydrogens is 200 g/mol. The van der Waals surface area contributed by atoms with E-state index in [9.17, 15) is 4.21 Å². The van der Waals surface area contributed by atoms with E-state index in [4.69, 9.17) is 4.18 Å². The number of hydrogen-bond acceptors (Lipinski definition) is 4. The van der Waals surface area contributed by atoms with Crippen LogP contribution < -0.4 is 0 Å². The first-order chi connectivity index (χ1) is 6.63. The van der Waals surface area contributed by atoms with Crippen molar-refractivity contribution in [3.8, 4) is 0 Å². The third-order valence-corrected chi connectivity index (χ3v) is 2.68. The van der Waals surface area contributed by atoms with Crippen molar-refractivity contribution in [2.75, 3.05) is 5.75 Å². The summed E-state index contributed by atoms with van der Waals surface area (Å²) in [5, 5.41) is 0. The van der Waals surface area contributed by atoms with Gasteiger partial charge in [0.1, 0.15) is 11.9 Å². The smallest absolute Gasteiger partial charge is 0.155 e. The van der Waals surface area contributed by atoms with Crippen molar-refractivity contribution >= 4 is 11.1 Å². The molecule has 0 aromatic carbocycles. The van der Waals surface area contributed by atoms with Gasteiger partial charge in [-0.25, -0.2) is 14.2 Å². The van der Waals surface area contributed by atoms with E-state index in [0.29, 0.717) is 11.6 Å². The van der Waals surface area contributed by atoms with Crippen LogP contribution in [0.5, 0.6) is 0 Å². The first-order valence-corrected chi connectivity index (χ1v) is 5.73. The van der Waals surface area contributed by atoms with Crippen molar-refractivity contribution < 1.29 is 8.39 Å². The van der Waals surface area contributed by atoms with Crippen LogP contribution in [-0.4, -0.2) is 19.9 Å². The van der Waals surface area contributed by atoms with E-state index in [1.165, 1.54) is 0 Å². The maximum Gasteiger partial charge on any atom is 0.155 e. The summed E-state index contributed by atoms with van der Waals surface area (Å²) >= 11 is -1.22. The molecule has 0 amide bonds. The zero-order chi connectivity index (χ0) is 10.6. The lowest BCUT2D eigenvalue weighted by molar-refractivity contribution is 0.248. The highest BCUT2D eigenvalue weighted by molar-refractivity contribution is 7.80. The summed E-state index contributed by atoms with van der Waals surface area (Å²) < 4.78 is 16.3. The fourth-order valence-corrected chi connectivity index (χ4v) is 1.54. The molecule has 0 N–H and O–H groups in total. The minimum Gasteiger partial charge on any atom is -0.281 e. The molecule has 2 unspecified atom stereocenters. The van der Waals surface area contributed by atoms with E-state index in [1.807, 2.05) is 20.8 Å². The van der Waals surface area contributed by atoms with Crippen LogP contribution in [0.25, 0.3) is 0 Å². The Morgan fingerprint density at radius 1 is 1.64 bits per heavy atom. The Labute approximate surface area is 86.4 Å². The second-order valence-electron chi connectivity index (χ2n) is 2.86. The molecule has 0 saturated carbocycles. The zero-order valence-electron chi connectivity index (χ0n) is 8.56. The molecule has 1 aromatic rings. The van der Waals surface area contributed by atoms with Crippen molar-refractivity contribution in [3.05, 3.63) is 23.8 Å². The van der Waals surface area contributed by atoms with Crippen LogP contribution in [0.3, 0.4) is 0 Å². The summed E-state index contributed by atoms with van der Waals surface area (Å²) in [4.78, 5) is 8.17. The quantitative estimate of drug-likeness (QED) is 0.763. The summed E-state index contributed by atoms with van der Waals surface area (Å²) in [6.07, 6.45) is 1.42. The van der Waals surface area contributed by atoms with Crippen LogP contribution in [-0.2, 0) is 15.3 Å². The minimum atomic E-state index is -1.22. The summed E-state index contributed by atoms with van der Waals surface area (Å²) in [6, 6.07) is 1.77. The molecular formula is C9H14N2O2S. The molecule has 0 aliphatic rings. The van der Waals surface area contributed by atoms with Gasteiger partial charge in [-0.3, -0.25) is 4.18 Å². The topological polar surface area (TPSA) is 52.1 Å². The molecule has 5 heteroatoms.